The standard InChI is InChI=1S/C15H17BrN2O6S2/c1-23-13-7-12(16)15(8-14(13)24-2)26(21,22)18-11-5-3-10(4-6-11)9-25(17,19)20/h3-8,18H,9H2,1-2H3,(H2,17,19,20). The van der Waals surface area contributed by atoms with Crippen LogP contribution in [0, 0.1) is 0 Å². The molecule has 0 aliphatic heterocycles. The minimum Gasteiger partial charge on any atom is -0.493 e. The van der Waals surface area contributed by atoms with Crippen LogP contribution in [0.4, 0.5) is 5.69 Å². The summed E-state index contributed by atoms with van der Waals surface area (Å²) >= 11 is 3.21. The summed E-state index contributed by atoms with van der Waals surface area (Å²) in [6.07, 6.45) is 0. The lowest BCUT2D eigenvalue weighted by atomic mass is 10.2. The number of anilines is 1. The molecule has 0 bridgehead atoms. The number of hydrogen-bond acceptors (Lipinski definition) is 6. The predicted molar refractivity (Wildman–Crippen MR) is 101 cm³/mol. The van der Waals surface area contributed by atoms with E-state index in [1.807, 2.05) is 0 Å². The molecule has 0 aliphatic rings. The second kappa shape index (κ2) is 7.82. The molecule has 0 aliphatic carbocycles. The zero-order valence-corrected chi connectivity index (χ0v) is 17.1. The Labute approximate surface area is 160 Å². The lowest BCUT2D eigenvalue weighted by molar-refractivity contribution is 0.353. The van der Waals surface area contributed by atoms with Gasteiger partial charge >= 0.3 is 0 Å². The Morgan fingerprint density at radius 3 is 2.04 bits per heavy atom. The van der Waals surface area contributed by atoms with E-state index < -0.39 is 20.0 Å². The predicted octanol–water partition coefficient (Wildman–Crippen LogP) is 2.06. The smallest absolute Gasteiger partial charge is 0.263 e. The van der Waals surface area contributed by atoms with E-state index in [-0.39, 0.29) is 22.1 Å². The molecule has 0 saturated heterocycles. The van der Waals surface area contributed by atoms with Crippen LogP contribution >= 0.6 is 15.9 Å². The van der Waals surface area contributed by atoms with Gasteiger partial charge in [-0.15, -0.1) is 0 Å². The highest BCUT2D eigenvalue weighted by Crippen LogP contribution is 2.36. The first-order valence-corrected chi connectivity index (χ1v) is 11.1. The lowest BCUT2D eigenvalue weighted by Gasteiger charge is -2.14. The molecular formula is C15H17BrN2O6S2. The minimum atomic E-state index is -3.92. The van der Waals surface area contributed by atoms with Gasteiger partial charge in [-0.3, -0.25) is 4.72 Å². The van der Waals surface area contributed by atoms with Gasteiger partial charge in [-0.2, -0.15) is 0 Å². The van der Waals surface area contributed by atoms with E-state index >= 15 is 0 Å². The molecular weight excluding hydrogens is 448 g/mol. The van der Waals surface area contributed by atoms with Gasteiger partial charge in [-0.25, -0.2) is 22.0 Å². The van der Waals surface area contributed by atoms with Crippen molar-refractivity contribution in [2.45, 2.75) is 10.6 Å². The van der Waals surface area contributed by atoms with E-state index in [9.17, 15) is 16.8 Å². The van der Waals surface area contributed by atoms with Crippen molar-refractivity contribution in [3.63, 3.8) is 0 Å². The van der Waals surface area contributed by atoms with Crippen molar-refractivity contribution in [2.24, 2.45) is 5.14 Å². The normalized spacial score (nSPS) is 11.8. The Bertz CT molecular complexity index is 1010. The number of halogens is 1. The topological polar surface area (TPSA) is 125 Å². The molecule has 8 nitrogen and oxygen atoms in total. The van der Waals surface area contributed by atoms with Gasteiger partial charge in [0, 0.05) is 16.2 Å². The van der Waals surface area contributed by atoms with E-state index in [0.717, 1.165) is 0 Å². The highest BCUT2D eigenvalue weighted by molar-refractivity contribution is 9.10. The van der Waals surface area contributed by atoms with Gasteiger partial charge in [0.15, 0.2) is 11.5 Å². The molecule has 11 heteroatoms. The molecule has 0 amide bonds. The molecule has 3 N–H and O–H groups in total. The first-order valence-electron chi connectivity index (χ1n) is 7.09. The molecule has 0 aromatic heterocycles. The van der Waals surface area contributed by atoms with Crippen LogP contribution in [0.2, 0.25) is 0 Å². The number of nitrogens with one attached hydrogen (secondary N) is 1. The maximum atomic E-state index is 12.7. The summed E-state index contributed by atoms with van der Waals surface area (Å²) in [6.45, 7) is 0. The number of rotatable bonds is 7. The molecule has 26 heavy (non-hydrogen) atoms. The van der Waals surface area contributed by atoms with Gasteiger partial charge in [0.1, 0.15) is 4.90 Å². The fraction of sp³-hybridized carbons (Fsp3) is 0.200. The monoisotopic (exact) mass is 464 g/mol. The van der Waals surface area contributed by atoms with Gasteiger partial charge < -0.3 is 9.47 Å². The quantitative estimate of drug-likeness (QED) is 0.645. The van der Waals surface area contributed by atoms with Gasteiger partial charge in [0.25, 0.3) is 10.0 Å². The van der Waals surface area contributed by atoms with Gasteiger partial charge in [0.2, 0.25) is 10.0 Å². The summed E-state index contributed by atoms with van der Waals surface area (Å²) in [5, 5.41) is 4.98. The Balaban J connectivity index is 2.31. The minimum absolute atomic E-state index is 0.0382. The van der Waals surface area contributed by atoms with Crippen LogP contribution in [0.25, 0.3) is 0 Å². The summed E-state index contributed by atoms with van der Waals surface area (Å²) in [5.74, 6) is 0.312. The van der Waals surface area contributed by atoms with Crippen molar-refractivity contribution in [2.75, 3.05) is 18.9 Å². The molecule has 142 valence electrons. The third-order valence-corrected chi connectivity index (χ3v) is 6.38. The Morgan fingerprint density at radius 2 is 1.54 bits per heavy atom. The third-order valence-electron chi connectivity index (χ3n) is 3.30. The SMILES string of the molecule is COc1cc(Br)c(S(=O)(=O)Nc2ccc(CS(N)(=O)=O)cc2)cc1OC. The zero-order valence-electron chi connectivity index (χ0n) is 13.9. The summed E-state index contributed by atoms with van der Waals surface area (Å²) in [4.78, 5) is -0.0382. The van der Waals surface area contributed by atoms with E-state index in [1.54, 1.807) is 0 Å². The van der Waals surface area contributed by atoms with Crippen LogP contribution in [0.1, 0.15) is 5.56 Å². The molecule has 0 atom stereocenters. The maximum Gasteiger partial charge on any atom is 0.263 e. The highest BCUT2D eigenvalue weighted by atomic mass is 79.9. The van der Waals surface area contributed by atoms with Crippen molar-refractivity contribution in [1.29, 1.82) is 0 Å². The van der Waals surface area contributed by atoms with Crippen molar-refractivity contribution in [3.05, 3.63) is 46.4 Å². The molecule has 0 radical (unpaired) electrons. The molecule has 0 fully saturated rings. The molecule has 2 rings (SSSR count). The number of hydrogen-bond donors (Lipinski definition) is 2. The van der Waals surface area contributed by atoms with E-state index in [0.29, 0.717) is 15.8 Å². The largest absolute Gasteiger partial charge is 0.493 e. The second-order valence-electron chi connectivity index (χ2n) is 5.25. The van der Waals surface area contributed by atoms with E-state index in [2.05, 4.69) is 20.7 Å². The zero-order chi connectivity index (χ0) is 19.5. The van der Waals surface area contributed by atoms with Crippen molar-refractivity contribution < 1.29 is 26.3 Å². The highest BCUT2D eigenvalue weighted by Gasteiger charge is 2.21. The Kier molecular flexibility index (Phi) is 6.17. The van der Waals surface area contributed by atoms with E-state index in [1.165, 1.54) is 50.6 Å². The number of benzene rings is 2. The average Bonchev–Trinajstić information content (AvgIpc) is 2.54. The van der Waals surface area contributed by atoms with Crippen molar-refractivity contribution >= 4 is 41.7 Å². The molecule has 0 heterocycles. The van der Waals surface area contributed by atoms with E-state index in [4.69, 9.17) is 14.6 Å². The molecule has 2 aromatic rings. The van der Waals surface area contributed by atoms with Crippen LogP contribution in [-0.2, 0) is 25.8 Å². The van der Waals surface area contributed by atoms with Gasteiger partial charge in [-0.1, -0.05) is 12.1 Å². The number of ether oxygens (including phenoxy) is 2. The first kappa shape index (κ1) is 20.5. The summed E-state index contributed by atoms with van der Waals surface area (Å²) < 4.78 is 60.5. The number of methoxy groups -OCH3 is 2. The maximum absolute atomic E-state index is 12.7. The summed E-state index contributed by atoms with van der Waals surface area (Å²) in [5.41, 5.74) is 0.715. The number of sulfonamides is 2. The lowest BCUT2D eigenvalue weighted by Crippen LogP contribution is -2.15. The number of primary sulfonamides is 1. The van der Waals surface area contributed by atoms with Crippen LogP contribution in [0.15, 0.2) is 45.8 Å². The van der Waals surface area contributed by atoms with Crippen LogP contribution in [-0.4, -0.2) is 31.1 Å². The number of nitrogens with two attached hydrogens (primary N) is 1. The van der Waals surface area contributed by atoms with Crippen LogP contribution < -0.4 is 19.3 Å². The fourth-order valence-electron chi connectivity index (χ4n) is 2.15. The summed E-state index contributed by atoms with van der Waals surface area (Å²) in [6, 6.07) is 8.68. The Morgan fingerprint density at radius 1 is 1.00 bits per heavy atom. The fourth-order valence-corrected chi connectivity index (χ4v) is 4.91. The molecule has 2 aromatic carbocycles. The van der Waals surface area contributed by atoms with Crippen molar-refractivity contribution in [1.82, 2.24) is 0 Å². The van der Waals surface area contributed by atoms with Crippen LogP contribution in [0.3, 0.4) is 0 Å². The molecule has 0 spiro atoms. The second-order valence-corrected chi connectivity index (χ2v) is 9.37. The summed E-state index contributed by atoms with van der Waals surface area (Å²) in [7, 11) is -4.74. The van der Waals surface area contributed by atoms with Crippen LogP contribution in [0.5, 0.6) is 11.5 Å². The first-order chi connectivity index (χ1) is 12.1. The molecule has 0 unspecified atom stereocenters. The van der Waals surface area contributed by atoms with Gasteiger partial charge in [0.05, 0.1) is 20.0 Å². The third kappa shape index (κ3) is 5.10. The van der Waals surface area contributed by atoms with Crippen molar-refractivity contribution in [3.8, 4) is 11.5 Å². The average molecular weight is 465 g/mol. The van der Waals surface area contributed by atoms with Gasteiger partial charge in [-0.05, 0) is 39.7 Å². The molecule has 0 saturated carbocycles. The Hall–Kier alpha value is -1.82.